The van der Waals surface area contributed by atoms with Gasteiger partial charge in [0.25, 0.3) is 5.56 Å². The Morgan fingerprint density at radius 3 is 2.91 bits per heavy atom. The third-order valence-corrected chi connectivity index (χ3v) is 3.66. The highest BCUT2D eigenvalue weighted by atomic mass is 16.3. The van der Waals surface area contributed by atoms with E-state index in [2.05, 4.69) is 20.0 Å². The third-order valence-electron chi connectivity index (χ3n) is 3.66. The number of nitrogens with zero attached hydrogens (tertiary/aromatic N) is 3. The van der Waals surface area contributed by atoms with Crippen molar-refractivity contribution < 1.29 is 5.11 Å². The fourth-order valence-electron chi connectivity index (χ4n) is 2.75. The van der Waals surface area contributed by atoms with Crippen molar-refractivity contribution in [3.8, 4) is 5.75 Å². The van der Waals surface area contributed by atoms with E-state index in [1.807, 2.05) is 0 Å². The van der Waals surface area contributed by atoms with E-state index in [1.54, 1.807) is 47.7 Å². The maximum atomic E-state index is 12.3. The van der Waals surface area contributed by atoms with E-state index in [0.717, 1.165) is 0 Å². The molecule has 1 unspecified atom stereocenters. The Balaban J connectivity index is 2.03. The third kappa shape index (κ3) is 2.08. The van der Waals surface area contributed by atoms with E-state index in [9.17, 15) is 14.7 Å². The largest absolute Gasteiger partial charge is 0.508 e. The number of fused-ring (bicyclic) bond motifs is 2. The van der Waals surface area contributed by atoms with Crippen LogP contribution >= 0.6 is 0 Å². The van der Waals surface area contributed by atoms with Crippen LogP contribution in [0.25, 0.3) is 0 Å². The molecule has 3 N–H and O–H groups in total. The standard InChI is InChI=1S/C15H11N5O3/c21-9-4-1-3-8(7-9)11-10-12(18-15(23)19-13(10)22)17-14-16-5-2-6-20(11)14/h1-7,11,21H,(H2,18,19,22,23). The molecule has 0 bridgehead atoms. The van der Waals surface area contributed by atoms with Crippen LogP contribution in [0, 0.1) is 0 Å². The number of aromatic amines is 2. The molecule has 8 nitrogen and oxygen atoms in total. The Morgan fingerprint density at radius 1 is 1.22 bits per heavy atom. The number of guanidine groups is 1. The molecule has 114 valence electrons. The monoisotopic (exact) mass is 309 g/mol. The Labute approximate surface area is 129 Å². The van der Waals surface area contributed by atoms with Crippen molar-refractivity contribution in [1.29, 1.82) is 0 Å². The fourth-order valence-corrected chi connectivity index (χ4v) is 2.75. The van der Waals surface area contributed by atoms with Gasteiger partial charge in [-0.05, 0) is 23.8 Å². The van der Waals surface area contributed by atoms with Crippen LogP contribution in [-0.4, -0.2) is 32.1 Å². The van der Waals surface area contributed by atoms with E-state index in [4.69, 9.17) is 0 Å². The van der Waals surface area contributed by atoms with E-state index >= 15 is 0 Å². The number of phenols is 1. The number of rotatable bonds is 1. The lowest BCUT2D eigenvalue weighted by atomic mass is 9.97. The van der Waals surface area contributed by atoms with E-state index in [0.29, 0.717) is 17.1 Å². The van der Waals surface area contributed by atoms with Crippen molar-refractivity contribution in [2.24, 2.45) is 9.98 Å². The first-order valence-corrected chi connectivity index (χ1v) is 6.87. The molecular formula is C15H11N5O3. The molecule has 1 atom stereocenters. The summed E-state index contributed by atoms with van der Waals surface area (Å²) in [4.78, 5) is 38.7. The summed E-state index contributed by atoms with van der Waals surface area (Å²) in [6.45, 7) is 0. The van der Waals surface area contributed by atoms with Gasteiger partial charge in [-0.3, -0.25) is 14.8 Å². The second kappa shape index (κ2) is 4.80. The predicted molar refractivity (Wildman–Crippen MR) is 84.2 cm³/mol. The molecule has 2 aromatic rings. The van der Waals surface area contributed by atoms with Crippen molar-refractivity contribution in [2.45, 2.75) is 6.04 Å². The van der Waals surface area contributed by atoms with Gasteiger partial charge in [0.15, 0.2) is 0 Å². The van der Waals surface area contributed by atoms with Crippen molar-refractivity contribution in [1.82, 2.24) is 14.9 Å². The summed E-state index contributed by atoms with van der Waals surface area (Å²) in [6.07, 6.45) is 5.04. The second-order valence-corrected chi connectivity index (χ2v) is 5.11. The van der Waals surface area contributed by atoms with Gasteiger partial charge in [0.05, 0.1) is 11.6 Å². The van der Waals surface area contributed by atoms with Crippen molar-refractivity contribution >= 4 is 18.0 Å². The predicted octanol–water partition coefficient (Wildman–Crippen LogP) is 0.759. The lowest BCUT2D eigenvalue weighted by Crippen LogP contribution is -2.39. The first-order chi connectivity index (χ1) is 11.1. The minimum Gasteiger partial charge on any atom is -0.508 e. The van der Waals surface area contributed by atoms with E-state index in [1.165, 1.54) is 0 Å². The molecule has 8 heteroatoms. The van der Waals surface area contributed by atoms with Gasteiger partial charge in [-0.15, -0.1) is 0 Å². The lowest BCUT2D eigenvalue weighted by Gasteiger charge is -2.34. The van der Waals surface area contributed by atoms with Crippen LogP contribution < -0.4 is 11.2 Å². The summed E-state index contributed by atoms with van der Waals surface area (Å²) in [7, 11) is 0. The van der Waals surface area contributed by atoms with Gasteiger partial charge in [-0.25, -0.2) is 9.79 Å². The van der Waals surface area contributed by atoms with Crippen molar-refractivity contribution in [2.75, 3.05) is 0 Å². The average Bonchev–Trinajstić information content (AvgIpc) is 2.52. The molecule has 3 heterocycles. The zero-order valence-corrected chi connectivity index (χ0v) is 11.7. The Morgan fingerprint density at radius 2 is 2.09 bits per heavy atom. The number of phenolic OH excluding ortho intramolecular Hbond substituents is 1. The molecule has 0 spiro atoms. The summed E-state index contributed by atoms with van der Waals surface area (Å²) in [5.74, 6) is 0.610. The molecule has 23 heavy (non-hydrogen) atoms. The second-order valence-electron chi connectivity index (χ2n) is 5.11. The van der Waals surface area contributed by atoms with Gasteiger partial charge in [0.1, 0.15) is 11.6 Å². The molecule has 0 fully saturated rings. The van der Waals surface area contributed by atoms with Crippen LogP contribution in [0.5, 0.6) is 5.75 Å². The summed E-state index contributed by atoms with van der Waals surface area (Å²) >= 11 is 0. The number of allylic oxidation sites excluding steroid dienone is 1. The van der Waals surface area contributed by atoms with Crippen molar-refractivity contribution in [3.63, 3.8) is 0 Å². The number of nitrogens with one attached hydrogen (secondary N) is 2. The lowest BCUT2D eigenvalue weighted by molar-refractivity contribution is 0.443. The Kier molecular flexibility index (Phi) is 2.77. The van der Waals surface area contributed by atoms with Crippen LogP contribution in [0.1, 0.15) is 17.2 Å². The van der Waals surface area contributed by atoms with Crippen LogP contribution in [0.4, 0.5) is 5.82 Å². The van der Waals surface area contributed by atoms with Gasteiger partial charge in [0, 0.05) is 12.4 Å². The molecule has 2 aliphatic rings. The summed E-state index contributed by atoms with van der Waals surface area (Å²) in [5.41, 5.74) is -0.182. The molecule has 4 rings (SSSR count). The smallest absolute Gasteiger partial charge is 0.327 e. The highest BCUT2D eigenvalue weighted by molar-refractivity contribution is 5.97. The zero-order chi connectivity index (χ0) is 16.0. The molecular weight excluding hydrogens is 298 g/mol. The molecule has 0 saturated heterocycles. The first-order valence-electron chi connectivity index (χ1n) is 6.87. The van der Waals surface area contributed by atoms with Crippen LogP contribution in [-0.2, 0) is 0 Å². The summed E-state index contributed by atoms with van der Waals surface area (Å²) < 4.78 is 0. The van der Waals surface area contributed by atoms with E-state index < -0.39 is 17.3 Å². The quantitative estimate of drug-likeness (QED) is 0.721. The molecule has 1 aromatic carbocycles. The molecule has 2 aliphatic heterocycles. The van der Waals surface area contributed by atoms with Gasteiger partial charge < -0.3 is 10.0 Å². The van der Waals surface area contributed by atoms with Gasteiger partial charge in [-0.2, -0.15) is 4.99 Å². The highest BCUT2D eigenvalue weighted by Gasteiger charge is 2.34. The SMILES string of the molecule is O=c1[nH]c2c(c(=O)[nH]1)C(c1cccc(O)c1)N1C=CC=NC1=N2. The molecule has 0 saturated carbocycles. The molecule has 0 aliphatic carbocycles. The summed E-state index contributed by atoms with van der Waals surface area (Å²) in [5, 5.41) is 9.76. The molecule has 0 radical (unpaired) electrons. The number of hydrogen-bond donors (Lipinski definition) is 3. The Hall–Kier alpha value is -3.42. The normalized spacial score (nSPS) is 18.3. The first kappa shape index (κ1) is 13.3. The van der Waals surface area contributed by atoms with Crippen LogP contribution in [0.2, 0.25) is 0 Å². The maximum absolute atomic E-state index is 12.3. The van der Waals surface area contributed by atoms with E-state index in [-0.39, 0.29) is 11.6 Å². The van der Waals surface area contributed by atoms with Gasteiger partial charge >= 0.3 is 5.69 Å². The van der Waals surface area contributed by atoms with Crippen LogP contribution in [0.15, 0.2) is 56.1 Å². The summed E-state index contributed by atoms with van der Waals surface area (Å²) in [6, 6.07) is 6.02. The fraction of sp³-hybridized carbons (Fsp3) is 0.0667. The van der Waals surface area contributed by atoms with Crippen molar-refractivity contribution in [3.05, 3.63) is 68.5 Å². The number of H-pyrrole nitrogens is 2. The topological polar surface area (TPSA) is 114 Å². The zero-order valence-electron chi connectivity index (χ0n) is 11.7. The van der Waals surface area contributed by atoms with Gasteiger partial charge in [-0.1, -0.05) is 12.1 Å². The number of hydrogen-bond acceptors (Lipinski definition) is 6. The maximum Gasteiger partial charge on any atom is 0.327 e. The number of aliphatic imine (C=N–C) groups is 2. The molecule has 0 amide bonds. The van der Waals surface area contributed by atoms with Crippen LogP contribution in [0.3, 0.4) is 0 Å². The minimum absolute atomic E-state index is 0.0819. The Bertz CT molecular complexity index is 999. The molecule has 1 aromatic heterocycles. The minimum atomic E-state index is -0.628. The number of benzene rings is 1. The van der Waals surface area contributed by atoms with Gasteiger partial charge in [0.2, 0.25) is 5.96 Å². The highest BCUT2D eigenvalue weighted by Crippen LogP contribution is 2.37. The average molecular weight is 309 g/mol. The number of aromatic nitrogens is 2. The number of aromatic hydroxyl groups is 1.